The average molecular weight is 246 g/mol. The van der Waals surface area contributed by atoms with Crippen molar-refractivity contribution in [3.05, 3.63) is 23.8 Å². The molecule has 2 aliphatic carbocycles. The largest absolute Gasteiger partial charge is 0.496 e. The number of ether oxygens (including phenoxy) is 2. The van der Waals surface area contributed by atoms with Crippen molar-refractivity contribution in [2.24, 2.45) is 17.8 Å². The molecule has 3 heteroatoms. The lowest BCUT2D eigenvalue weighted by atomic mass is 9.92. The number of ketones is 1. The monoisotopic (exact) mass is 246 g/mol. The molecule has 0 saturated heterocycles. The zero-order chi connectivity index (χ0) is 12.7. The molecule has 3 nitrogen and oxygen atoms in total. The first-order valence-electron chi connectivity index (χ1n) is 6.49. The number of carbonyl (C=O) groups excluding carboxylic acids is 1. The van der Waals surface area contributed by atoms with E-state index in [0.29, 0.717) is 17.1 Å². The Morgan fingerprint density at radius 3 is 2.11 bits per heavy atom. The van der Waals surface area contributed by atoms with Gasteiger partial charge in [0.05, 0.1) is 14.2 Å². The molecule has 1 aromatic rings. The number of Topliss-reactive ketones (excluding diaryl/α,β-unsaturated/α-hetero) is 1. The highest BCUT2D eigenvalue weighted by molar-refractivity contribution is 6.03. The van der Waals surface area contributed by atoms with E-state index in [4.69, 9.17) is 9.47 Å². The van der Waals surface area contributed by atoms with Crippen molar-refractivity contribution in [2.75, 3.05) is 14.2 Å². The summed E-state index contributed by atoms with van der Waals surface area (Å²) in [6.07, 6.45) is 3.42. The van der Waals surface area contributed by atoms with Gasteiger partial charge in [0, 0.05) is 5.92 Å². The predicted molar refractivity (Wildman–Crippen MR) is 68.2 cm³/mol. The van der Waals surface area contributed by atoms with Crippen molar-refractivity contribution in [1.29, 1.82) is 0 Å². The minimum Gasteiger partial charge on any atom is -0.496 e. The summed E-state index contributed by atoms with van der Waals surface area (Å²) < 4.78 is 10.6. The Hall–Kier alpha value is -1.51. The van der Waals surface area contributed by atoms with E-state index in [2.05, 4.69) is 0 Å². The van der Waals surface area contributed by atoms with Gasteiger partial charge >= 0.3 is 0 Å². The second-order valence-electron chi connectivity index (χ2n) is 5.33. The molecule has 2 fully saturated rings. The first-order chi connectivity index (χ1) is 8.74. The van der Waals surface area contributed by atoms with E-state index >= 15 is 0 Å². The zero-order valence-corrected chi connectivity index (χ0v) is 10.8. The lowest BCUT2D eigenvalue weighted by Crippen LogP contribution is -2.15. The molecule has 0 bridgehead atoms. The molecule has 3 rings (SSSR count). The Morgan fingerprint density at radius 2 is 1.61 bits per heavy atom. The standard InChI is InChI=1S/C15H18O3/c1-17-12-4-3-5-13(18-2)14(12)15(16)11-7-9-6-10(9)8-11/h3-5,9-11H,6-8H2,1-2H3. The van der Waals surface area contributed by atoms with Crippen LogP contribution in [-0.4, -0.2) is 20.0 Å². The SMILES string of the molecule is COc1cccc(OC)c1C(=O)C1CC2CC2C1. The van der Waals surface area contributed by atoms with Crippen LogP contribution in [0.4, 0.5) is 0 Å². The fourth-order valence-corrected chi connectivity index (χ4v) is 3.23. The molecule has 0 aromatic heterocycles. The fourth-order valence-electron chi connectivity index (χ4n) is 3.23. The number of rotatable bonds is 4. The molecule has 2 saturated carbocycles. The van der Waals surface area contributed by atoms with Gasteiger partial charge in [-0.2, -0.15) is 0 Å². The Bertz CT molecular complexity index is 448. The van der Waals surface area contributed by atoms with Crippen LogP contribution in [0.2, 0.25) is 0 Å². The average Bonchev–Trinajstić information content (AvgIpc) is 3.03. The van der Waals surface area contributed by atoms with Crippen molar-refractivity contribution in [3.63, 3.8) is 0 Å². The Morgan fingerprint density at radius 1 is 1.06 bits per heavy atom. The molecular formula is C15H18O3. The molecule has 0 aliphatic heterocycles. The van der Waals surface area contributed by atoms with E-state index in [1.165, 1.54) is 6.42 Å². The van der Waals surface area contributed by atoms with Gasteiger partial charge < -0.3 is 9.47 Å². The third-order valence-corrected chi connectivity index (χ3v) is 4.29. The Balaban J connectivity index is 1.91. The summed E-state index contributed by atoms with van der Waals surface area (Å²) in [6, 6.07) is 5.50. The summed E-state index contributed by atoms with van der Waals surface area (Å²) in [6.45, 7) is 0. The van der Waals surface area contributed by atoms with Gasteiger partial charge in [-0.25, -0.2) is 0 Å². The van der Waals surface area contributed by atoms with Crippen molar-refractivity contribution in [3.8, 4) is 11.5 Å². The molecule has 96 valence electrons. The van der Waals surface area contributed by atoms with E-state index in [9.17, 15) is 4.79 Å². The highest BCUT2D eigenvalue weighted by atomic mass is 16.5. The van der Waals surface area contributed by atoms with E-state index < -0.39 is 0 Å². The van der Waals surface area contributed by atoms with Gasteiger partial charge in [0.1, 0.15) is 17.1 Å². The molecule has 0 heterocycles. The van der Waals surface area contributed by atoms with Gasteiger partial charge in [-0.1, -0.05) is 6.07 Å². The topological polar surface area (TPSA) is 35.5 Å². The summed E-state index contributed by atoms with van der Waals surface area (Å²) in [5.41, 5.74) is 0.619. The fraction of sp³-hybridized carbons (Fsp3) is 0.533. The summed E-state index contributed by atoms with van der Waals surface area (Å²) in [7, 11) is 3.19. The van der Waals surface area contributed by atoms with Gasteiger partial charge in [-0.15, -0.1) is 0 Å². The maximum absolute atomic E-state index is 12.6. The van der Waals surface area contributed by atoms with Crippen LogP contribution in [-0.2, 0) is 0 Å². The number of hydrogen-bond acceptors (Lipinski definition) is 3. The molecular weight excluding hydrogens is 228 g/mol. The highest BCUT2D eigenvalue weighted by Crippen LogP contribution is 2.55. The second kappa shape index (κ2) is 4.30. The molecule has 2 atom stereocenters. The van der Waals surface area contributed by atoms with E-state index in [-0.39, 0.29) is 11.7 Å². The summed E-state index contributed by atoms with van der Waals surface area (Å²) in [4.78, 5) is 12.6. The number of hydrogen-bond donors (Lipinski definition) is 0. The minimum absolute atomic E-state index is 0.166. The van der Waals surface area contributed by atoms with Gasteiger partial charge in [0.25, 0.3) is 0 Å². The minimum atomic E-state index is 0.166. The second-order valence-corrected chi connectivity index (χ2v) is 5.33. The van der Waals surface area contributed by atoms with Crippen molar-refractivity contribution in [1.82, 2.24) is 0 Å². The van der Waals surface area contributed by atoms with E-state index in [0.717, 1.165) is 24.7 Å². The van der Waals surface area contributed by atoms with Crippen molar-refractivity contribution < 1.29 is 14.3 Å². The van der Waals surface area contributed by atoms with Crippen LogP contribution >= 0.6 is 0 Å². The van der Waals surface area contributed by atoms with Gasteiger partial charge in [-0.05, 0) is 43.2 Å². The zero-order valence-electron chi connectivity index (χ0n) is 10.8. The first kappa shape index (κ1) is 11.6. The number of fused-ring (bicyclic) bond motifs is 1. The maximum Gasteiger partial charge on any atom is 0.173 e. The molecule has 2 aliphatic rings. The lowest BCUT2D eigenvalue weighted by molar-refractivity contribution is 0.0908. The lowest BCUT2D eigenvalue weighted by Gasteiger charge is -2.16. The van der Waals surface area contributed by atoms with Gasteiger partial charge in [0.15, 0.2) is 5.78 Å². The van der Waals surface area contributed by atoms with Crippen LogP contribution in [0.5, 0.6) is 11.5 Å². The van der Waals surface area contributed by atoms with Gasteiger partial charge in [-0.3, -0.25) is 4.79 Å². The number of methoxy groups -OCH3 is 2. The molecule has 0 radical (unpaired) electrons. The third kappa shape index (κ3) is 1.78. The first-order valence-corrected chi connectivity index (χ1v) is 6.49. The molecule has 1 aromatic carbocycles. The summed E-state index contributed by atoms with van der Waals surface area (Å²) in [5.74, 6) is 3.22. The summed E-state index contributed by atoms with van der Waals surface area (Å²) in [5, 5.41) is 0. The highest BCUT2D eigenvalue weighted by Gasteiger charge is 2.48. The van der Waals surface area contributed by atoms with Crippen LogP contribution in [0.1, 0.15) is 29.6 Å². The quantitative estimate of drug-likeness (QED) is 0.766. The molecule has 2 unspecified atom stereocenters. The predicted octanol–water partition coefficient (Wildman–Crippen LogP) is 2.93. The molecule has 18 heavy (non-hydrogen) atoms. The maximum atomic E-state index is 12.6. The normalized spacial score (nSPS) is 28.7. The van der Waals surface area contributed by atoms with Gasteiger partial charge in [0.2, 0.25) is 0 Å². The molecule has 0 N–H and O–H groups in total. The van der Waals surface area contributed by atoms with Crippen LogP contribution < -0.4 is 9.47 Å². The smallest absolute Gasteiger partial charge is 0.173 e. The van der Waals surface area contributed by atoms with Crippen molar-refractivity contribution in [2.45, 2.75) is 19.3 Å². The Kier molecular flexibility index (Phi) is 2.77. The van der Waals surface area contributed by atoms with E-state index in [1.807, 2.05) is 18.2 Å². The molecule has 0 spiro atoms. The Labute approximate surface area is 107 Å². The van der Waals surface area contributed by atoms with Crippen molar-refractivity contribution >= 4 is 5.78 Å². The number of carbonyl (C=O) groups is 1. The van der Waals surface area contributed by atoms with E-state index in [1.54, 1.807) is 14.2 Å². The number of benzene rings is 1. The van der Waals surface area contributed by atoms with Crippen LogP contribution in [0.3, 0.4) is 0 Å². The third-order valence-electron chi connectivity index (χ3n) is 4.29. The molecule has 0 amide bonds. The van der Waals surface area contributed by atoms with Crippen LogP contribution in [0, 0.1) is 17.8 Å². The van der Waals surface area contributed by atoms with Crippen LogP contribution in [0.15, 0.2) is 18.2 Å². The summed E-state index contributed by atoms with van der Waals surface area (Å²) >= 11 is 0. The van der Waals surface area contributed by atoms with Crippen LogP contribution in [0.25, 0.3) is 0 Å².